The number of hydrogen-bond donors (Lipinski definition) is 3. The number of amides is 3. The van der Waals surface area contributed by atoms with Crippen molar-refractivity contribution >= 4 is 40.1 Å². The molecule has 0 saturated heterocycles. The lowest BCUT2D eigenvalue weighted by molar-refractivity contribution is 0.0532. The van der Waals surface area contributed by atoms with Crippen LogP contribution in [0.2, 0.25) is 5.02 Å². The molecule has 3 amide bonds. The lowest BCUT2D eigenvalue weighted by Crippen LogP contribution is -2.30. The van der Waals surface area contributed by atoms with Gasteiger partial charge in [-0.3, -0.25) is 14.6 Å². The molecule has 1 aliphatic rings. The molecule has 1 saturated carbocycles. The average molecular weight is 501 g/mol. The van der Waals surface area contributed by atoms with Crippen LogP contribution in [0.25, 0.3) is 10.9 Å². The van der Waals surface area contributed by atoms with Gasteiger partial charge >= 0.3 is 6.03 Å². The maximum Gasteiger partial charge on any atom is 0.319 e. The van der Waals surface area contributed by atoms with Gasteiger partial charge in [0, 0.05) is 36.9 Å². The second kappa shape index (κ2) is 11.2. The number of nitrogens with one attached hydrogen (secondary N) is 3. The van der Waals surface area contributed by atoms with Crippen molar-refractivity contribution in [2.24, 2.45) is 0 Å². The molecule has 2 aromatic carbocycles. The number of ether oxygens (including phenoxy) is 3. The molecule has 184 valence electrons. The van der Waals surface area contributed by atoms with Gasteiger partial charge in [-0.2, -0.15) is 0 Å². The summed E-state index contributed by atoms with van der Waals surface area (Å²) < 4.78 is 16.8. The molecule has 11 heteroatoms. The normalized spacial score (nSPS) is 12.8. The summed E-state index contributed by atoms with van der Waals surface area (Å²) in [6, 6.07) is 9.83. The fourth-order valence-corrected chi connectivity index (χ4v) is 3.49. The Bertz CT molecular complexity index is 1230. The first kappa shape index (κ1) is 24.5. The van der Waals surface area contributed by atoms with Crippen molar-refractivity contribution in [2.45, 2.75) is 18.9 Å². The van der Waals surface area contributed by atoms with Crippen molar-refractivity contribution in [2.75, 3.05) is 32.8 Å². The standard InChI is InChI=1S/C24H25ClN4O6/c1-32-9-10-34-22-13-20-16(12-17(22)23(30)29-33-2)21(7-8-26-20)35-15-5-6-19(18(25)11-15)28-24(31)27-14-3-4-14/h5-8,11-14H,3-4,9-10H2,1-2H3,(H,29,30)(H2,27,28,31). The van der Waals surface area contributed by atoms with Crippen LogP contribution >= 0.6 is 11.6 Å². The van der Waals surface area contributed by atoms with Crippen LogP contribution in [0, 0.1) is 0 Å². The summed E-state index contributed by atoms with van der Waals surface area (Å²) in [5, 5.41) is 6.48. The third-order valence-electron chi connectivity index (χ3n) is 5.12. The van der Waals surface area contributed by atoms with Crippen molar-refractivity contribution in [3.8, 4) is 17.2 Å². The summed E-state index contributed by atoms with van der Waals surface area (Å²) in [6.45, 7) is 0.608. The zero-order valence-electron chi connectivity index (χ0n) is 19.2. The van der Waals surface area contributed by atoms with E-state index in [0.29, 0.717) is 45.5 Å². The van der Waals surface area contributed by atoms with Gasteiger partial charge in [-0.05, 0) is 37.1 Å². The van der Waals surface area contributed by atoms with Gasteiger partial charge in [0.15, 0.2) is 0 Å². The zero-order chi connectivity index (χ0) is 24.8. The fourth-order valence-electron chi connectivity index (χ4n) is 3.28. The van der Waals surface area contributed by atoms with Crippen molar-refractivity contribution < 1.29 is 28.6 Å². The quantitative estimate of drug-likeness (QED) is 0.280. The van der Waals surface area contributed by atoms with Crippen LogP contribution in [0.5, 0.6) is 17.2 Å². The molecule has 35 heavy (non-hydrogen) atoms. The Morgan fingerprint density at radius 1 is 1.09 bits per heavy atom. The topological polar surface area (TPSA) is 120 Å². The molecule has 0 bridgehead atoms. The number of aromatic nitrogens is 1. The number of pyridine rings is 1. The Morgan fingerprint density at radius 3 is 2.63 bits per heavy atom. The number of hydrogen-bond acceptors (Lipinski definition) is 7. The molecule has 0 spiro atoms. The third kappa shape index (κ3) is 6.30. The van der Waals surface area contributed by atoms with Crippen LogP contribution in [0.15, 0.2) is 42.6 Å². The van der Waals surface area contributed by atoms with Crippen LogP contribution < -0.4 is 25.6 Å². The molecule has 4 rings (SSSR count). The van der Waals surface area contributed by atoms with Crippen LogP contribution in [0.3, 0.4) is 0 Å². The maximum atomic E-state index is 12.6. The van der Waals surface area contributed by atoms with Crippen LogP contribution in [0.1, 0.15) is 23.2 Å². The molecule has 1 aromatic heterocycles. The predicted octanol–water partition coefficient (Wildman–Crippen LogP) is 4.28. The SMILES string of the molecule is COCCOc1cc2nccc(Oc3ccc(NC(=O)NC4CC4)c(Cl)c3)c2cc1C(=O)NOC. The lowest BCUT2D eigenvalue weighted by Gasteiger charge is -2.15. The number of fused-ring (bicyclic) bond motifs is 1. The van der Waals surface area contributed by atoms with Gasteiger partial charge in [-0.1, -0.05) is 11.6 Å². The molecular formula is C24H25ClN4O6. The van der Waals surface area contributed by atoms with Crippen LogP contribution in [-0.4, -0.2) is 50.4 Å². The average Bonchev–Trinajstić information content (AvgIpc) is 3.65. The summed E-state index contributed by atoms with van der Waals surface area (Å²) in [5.74, 6) is 0.739. The second-order valence-corrected chi connectivity index (χ2v) is 8.17. The van der Waals surface area contributed by atoms with E-state index in [4.69, 9.17) is 30.6 Å². The summed E-state index contributed by atoms with van der Waals surface area (Å²) in [7, 11) is 2.91. The van der Waals surface area contributed by atoms with Crippen molar-refractivity contribution in [1.29, 1.82) is 0 Å². The van der Waals surface area contributed by atoms with Crippen LogP contribution in [-0.2, 0) is 9.57 Å². The molecule has 0 unspecified atom stereocenters. The van der Waals surface area contributed by atoms with Gasteiger partial charge in [0.05, 0.1) is 35.5 Å². The molecule has 0 atom stereocenters. The summed E-state index contributed by atoms with van der Waals surface area (Å²) in [6.07, 6.45) is 3.57. The Hall–Kier alpha value is -3.60. The Kier molecular flexibility index (Phi) is 7.86. The van der Waals surface area contributed by atoms with E-state index in [1.807, 2.05) is 0 Å². The Balaban J connectivity index is 1.59. The third-order valence-corrected chi connectivity index (χ3v) is 5.43. The minimum absolute atomic E-state index is 0.234. The van der Waals surface area contributed by atoms with E-state index < -0.39 is 5.91 Å². The minimum Gasteiger partial charge on any atom is -0.490 e. The van der Waals surface area contributed by atoms with Gasteiger partial charge in [-0.25, -0.2) is 10.3 Å². The number of urea groups is 1. The summed E-state index contributed by atoms with van der Waals surface area (Å²) >= 11 is 6.36. The molecule has 1 aliphatic carbocycles. The number of anilines is 1. The van der Waals surface area contributed by atoms with Crippen molar-refractivity contribution in [3.05, 3.63) is 53.2 Å². The number of methoxy groups -OCH3 is 1. The zero-order valence-corrected chi connectivity index (χ0v) is 20.0. The van der Waals surface area contributed by atoms with Gasteiger partial charge in [0.25, 0.3) is 5.91 Å². The highest BCUT2D eigenvalue weighted by atomic mass is 35.5. The highest BCUT2D eigenvalue weighted by Crippen LogP contribution is 2.35. The monoisotopic (exact) mass is 500 g/mol. The molecule has 1 heterocycles. The number of rotatable bonds is 10. The number of carbonyl (C=O) groups is 2. The number of carbonyl (C=O) groups excluding carboxylic acids is 2. The maximum absolute atomic E-state index is 12.6. The summed E-state index contributed by atoms with van der Waals surface area (Å²) in [5.41, 5.74) is 3.57. The van der Waals surface area contributed by atoms with Gasteiger partial charge in [0.2, 0.25) is 0 Å². The van der Waals surface area contributed by atoms with E-state index in [0.717, 1.165) is 12.8 Å². The minimum atomic E-state index is -0.487. The van der Waals surface area contributed by atoms with Crippen LogP contribution in [0.4, 0.5) is 10.5 Å². The van der Waals surface area contributed by atoms with E-state index in [9.17, 15) is 9.59 Å². The van der Waals surface area contributed by atoms with E-state index in [1.54, 1.807) is 49.7 Å². The molecule has 3 aromatic rings. The van der Waals surface area contributed by atoms with Crippen molar-refractivity contribution in [3.63, 3.8) is 0 Å². The highest BCUT2D eigenvalue weighted by Gasteiger charge is 2.23. The highest BCUT2D eigenvalue weighted by molar-refractivity contribution is 6.33. The van der Waals surface area contributed by atoms with E-state index in [1.165, 1.54) is 7.11 Å². The predicted molar refractivity (Wildman–Crippen MR) is 130 cm³/mol. The molecule has 1 fully saturated rings. The van der Waals surface area contributed by atoms with Gasteiger partial charge in [0.1, 0.15) is 23.9 Å². The Labute approximate surface area is 206 Å². The first-order valence-corrected chi connectivity index (χ1v) is 11.3. The first-order valence-electron chi connectivity index (χ1n) is 10.9. The van der Waals surface area contributed by atoms with Gasteiger partial charge in [-0.15, -0.1) is 0 Å². The molecule has 0 aliphatic heterocycles. The molecule has 3 N–H and O–H groups in total. The Morgan fingerprint density at radius 2 is 1.91 bits per heavy atom. The number of benzene rings is 2. The number of halogens is 1. The largest absolute Gasteiger partial charge is 0.490 e. The fraction of sp³-hybridized carbons (Fsp3) is 0.292. The second-order valence-electron chi connectivity index (χ2n) is 7.77. The van der Waals surface area contributed by atoms with E-state index >= 15 is 0 Å². The van der Waals surface area contributed by atoms with Crippen molar-refractivity contribution in [1.82, 2.24) is 15.8 Å². The molecule has 10 nitrogen and oxygen atoms in total. The van der Waals surface area contributed by atoms with E-state index in [-0.39, 0.29) is 24.2 Å². The molecule has 0 radical (unpaired) electrons. The first-order chi connectivity index (χ1) is 17.0. The van der Waals surface area contributed by atoms with Gasteiger partial charge < -0.3 is 24.8 Å². The van der Waals surface area contributed by atoms with E-state index in [2.05, 4.69) is 21.1 Å². The molecular weight excluding hydrogens is 476 g/mol. The smallest absolute Gasteiger partial charge is 0.319 e. The number of nitrogens with zero attached hydrogens (tertiary/aromatic N) is 1. The number of hydroxylamine groups is 1. The summed E-state index contributed by atoms with van der Waals surface area (Å²) in [4.78, 5) is 33.7. The lowest BCUT2D eigenvalue weighted by atomic mass is 10.1.